The summed E-state index contributed by atoms with van der Waals surface area (Å²) < 4.78 is 38.7. The highest BCUT2D eigenvalue weighted by Gasteiger charge is 2.49. The number of aromatic nitrogens is 1. The van der Waals surface area contributed by atoms with Crippen molar-refractivity contribution < 1.29 is 33.0 Å². The Labute approximate surface area is 207 Å². The third kappa shape index (κ3) is 3.85. The molecular weight excluding hydrogens is 490 g/mol. The van der Waals surface area contributed by atoms with Crippen LogP contribution in [0.2, 0.25) is 0 Å². The molecule has 1 atom stereocenters. The molecule has 3 aromatic carbocycles. The van der Waals surface area contributed by atoms with Crippen molar-refractivity contribution in [2.24, 2.45) is 0 Å². The maximum absolute atomic E-state index is 13.8. The van der Waals surface area contributed by atoms with Crippen molar-refractivity contribution >= 4 is 44.1 Å². The van der Waals surface area contributed by atoms with Crippen LogP contribution in [0.1, 0.15) is 17.2 Å². The van der Waals surface area contributed by atoms with E-state index < -0.39 is 35.1 Å². The number of ketones is 1. The Morgan fingerprint density at radius 1 is 0.972 bits per heavy atom. The van der Waals surface area contributed by atoms with Crippen molar-refractivity contribution in [3.05, 3.63) is 89.0 Å². The number of anilines is 1. The maximum atomic E-state index is 13.8. The number of carbonyl (C=O) groups excluding carboxylic acids is 2. The standard InChI is InChI=1S/C26H18F2N2O5S/c1-34-16-8-10-19(35-2)17(12-16)22-21(23(31)13-3-5-14(27)6-4-13)24(32)25(33)30(22)26-29-18-9-7-15(28)11-20(18)36-26/h3-12,22,31H,1-2H3. The molecular formula is C26H18F2N2O5S. The largest absolute Gasteiger partial charge is 0.507 e. The molecule has 0 saturated carbocycles. The minimum Gasteiger partial charge on any atom is -0.507 e. The number of aliphatic hydroxyl groups excluding tert-OH is 1. The Bertz CT molecular complexity index is 1550. The van der Waals surface area contributed by atoms with E-state index >= 15 is 0 Å². The summed E-state index contributed by atoms with van der Waals surface area (Å²) in [6.45, 7) is 0. The molecule has 1 aliphatic rings. The molecule has 0 bridgehead atoms. The quantitative estimate of drug-likeness (QED) is 0.226. The predicted molar refractivity (Wildman–Crippen MR) is 130 cm³/mol. The first-order valence-corrected chi connectivity index (χ1v) is 11.5. The average Bonchev–Trinajstić information content (AvgIpc) is 3.41. The van der Waals surface area contributed by atoms with E-state index in [0.29, 0.717) is 27.3 Å². The monoisotopic (exact) mass is 508 g/mol. The lowest BCUT2D eigenvalue weighted by atomic mass is 9.94. The molecule has 1 N–H and O–H groups in total. The minimum atomic E-state index is -1.16. The second-order valence-corrected chi connectivity index (χ2v) is 8.90. The molecule has 1 saturated heterocycles. The van der Waals surface area contributed by atoms with E-state index in [0.717, 1.165) is 28.4 Å². The van der Waals surface area contributed by atoms with Crippen LogP contribution in [0.15, 0.2) is 66.2 Å². The fourth-order valence-corrected chi connectivity index (χ4v) is 5.15. The van der Waals surface area contributed by atoms with Gasteiger partial charge in [0.1, 0.15) is 34.9 Å². The highest BCUT2D eigenvalue weighted by molar-refractivity contribution is 7.22. The van der Waals surface area contributed by atoms with Gasteiger partial charge in [0.15, 0.2) is 5.13 Å². The number of aliphatic hydroxyl groups is 1. The van der Waals surface area contributed by atoms with Gasteiger partial charge in [-0.05, 0) is 60.7 Å². The number of ether oxygens (including phenoxy) is 2. The van der Waals surface area contributed by atoms with Crippen molar-refractivity contribution in [3.63, 3.8) is 0 Å². The Morgan fingerprint density at radius 3 is 2.39 bits per heavy atom. The maximum Gasteiger partial charge on any atom is 0.301 e. The number of carbonyl (C=O) groups is 2. The van der Waals surface area contributed by atoms with Crippen LogP contribution in [0, 0.1) is 11.6 Å². The fraction of sp³-hybridized carbons (Fsp3) is 0.115. The third-order valence-corrected chi connectivity index (χ3v) is 6.86. The van der Waals surface area contributed by atoms with Gasteiger partial charge < -0.3 is 14.6 Å². The van der Waals surface area contributed by atoms with Crippen molar-refractivity contribution in [2.45, 2.75) is 6.04 Å². The molecule has 0 radical (unpaired) electrons. The van der Waals surface area contributed by atoms with Crippen LogP contribution in [0.3, 0.4) is 0 Å². The Balaban J connectivity index is 1.78. The number of hydrogen-bond donors (Lipinski definition) is 1. The second-order valence-electron chi connectivity index (χ2n) is 7.89. The molecule has 4 aromatic rings. The van der Waals surface area contributed by atoms with Gasteiger partial charge in [-0.3, -0.25) is 14.5 Å². The summed E-state index contributed by atoms with van der Waals surface area (Å²) in [6, 6.07) is 12.6. The van der Waals surface area contributed by atoms with Gasteiger partial charge >= 0.3 is 5.91 Å². The minimum absolute atomic E-state index is 0.130. The molecule has 36 heavy (non-hydrogen) atoms. The molecule has 0 aliphatic carbocycles. The van der Waals surface area contributed by atoms with Crippen molar-refractivity contribution in [2.75, 3.05) is 19.1 Å². The molecule has 5 rings (SSSR count). The number of Topliss-reactive ketones (excluding diaryl/α,β-unsaturated/α-hetero) is 1. The van der Waals surface area contributed by atoms with Crippen LogP contribution in [-0.4, -0.2) is 36.0 Å². The van der Waals surface area contributed by atoms with E-state index in [1.807, 2.05) is 0 Å². The number of methoxy groups -OCH3 is 2. The number of hydrogen-bond acceptors (Lipinski definition) is 7. The van der Waals surface area contributed by atoms with Crippen molar-refractivity contribution in [1.29, 1.82) is 0 Å². The van der Waals surface area contributed by atoms with Crippen LogP contribution >= 0.6 is 11.3 Å². The molecule has 1 unspecified atom stereocenters. The van der Waals surface area contributed by atoms with Crippen LogP contribution in [-0.2, 0) is 9.59 Å². The second kappa shape index (κ2) is 9.04. The zero-order valence-corrected chi connectivity index (χ0v) is 19.8. The van der Waals surface area contributed by atoms with E-state index in [9.17, 15) is 23.5 Å². The SMILES string of the molecule is COc1ccc(OC)c(C2C(=C(O)c3ccc(F)cc3)C(=O)C(=O)N2c2nc3ccc(F)cc3s2)c1. The summed E-state index contributed by atoms with van der Waals surface area (Å²) in [5.41, 5.74) is 0.703. The summed E-state index contributed by atoms with van der Waals surface area (Å²) in [5, 5.41) is 11.3. The number of amides is 1. The van der Waals surface area contributed by atoms with Gasteiger partial charge in [0.2, 0.25) is 0 Å². The smallest absolute Gasteiger partial charge is 0.301 e. The summed E-state index contributed by atoms with van der Waals surface area (Å²) >= 11 is 1.02. The molecule has 1 fully saturated rings. The Hall–Kier alpha value is -4.31. The van der Waals surface area contributed by atoms with Gasteiger partial charge in [0, 0.05) is 11.1 Å². The summed E-state index contributed by atoms with van der Waals surface area (Å²) in [4.78, 5) is 32.3. The summed E-state index contributed by atoms with van der Waals surface area (Å²) in [6.07, 6.45) is 0. The summed E-state index contributed by atoms with van der Waals surface area (Å²) in [5.74, 6) is -2.64. The molecule has 0 spiro atoms. The topological polar surface area (TPSA) is 89.0 Å². The number of halogens is 2. The first kappa shape index (κ1) is 23.4. The van der Waals surface area contributed by atoms with Crippen LogP contribution in [0.5, 0.6) is 11.5 Å². The number of rotatable bonds is 5. The zero-order valence-electron chi connectivity index (χ0n) is 19.0. The van der Waals surface area contributed by atoms with E-state index in [1.54, 1.807) is 18.2 Å². The average molecular weight is 509 g/mol. The number of fused-ring (bicyclic) bond motifs is 1. The number of nitrogens with zero attached hydrogens (tertiary/aromatic N) is 2. The molecule has 7 nitrogen and oxygen atoms in total. The molecule has 2 heterocycles. The van der Waals surface area contributed by atoms with Crippen LogP contribution in [0.25, 0.3) is 16.0 Å². The Morgan fingerprint density at radius 2 is 1.69 bits per heavy atom. The van der Waals surface area contributed by atoms with Gasteiger partial charge in [-0.1, -0.05) is 11.3 Å². The first-order valence-electron chi connectivity index (χ1n) is 10.7. The van der Waals surface area contributed by atoms with E-state index in [-0.39, 0.29) is 16.3 Å². The highest BCUT2D eigenvalue weighted by Crippen LogP contribution is 2.47. The van der Waals surface area contributed by atoms with E-state index in [1.165, 1.54) is 44.6 Å². The molecule has 1 aliphatic heterocycles. The lowest BCUT2D eigenvalue weighted by Crippen LogP contribution is -2.29. The number of benzene rings is 3. The van der Waals surface area contributed by atoms with E-state index in [2.05, 4.69) is 4.98 Å². The molecule has 182 valence electrons. The normalized spacial score (nSPS) is 17.1. The molecule has 1 aromatic heterocycles. The number of thiazole rings is 1. The van der Waals surface area contributed by atoms with Gasteiger partial charge in [-0.2, -0.15) is 0 Å². The predicted octanol–water partition coefficient (Wildman–Crippen LogP) is 5.22. The zero-order chi connectivity index (χ0) is 25.6. The summed E-state index contributed by atoms with van der Waals surface area (Å²) in [7, 11) is 2.89. The van der Waals surface area contributed by atoms with Crippen molar-refractivity contribution in [1.82, 2.24) is 4.98 Å². The van der Waals surface area contributed by atoms with Gasteiger partial charge in [0.05, 0.1) is 30.0 Å². The molecule has 1 amide bonds. The fourth-order valence-electron chi connectivity index (χ4n) is 4.13. The van der Waals surface area contributed by atoms with Crippen LogP contribution in [0.4, 0.5) is 13.9 Å². The first-order chi connectivity index (χ1) is 17.3. The highest BCUT2D eigenvalue weighted by atomic mass is 32.1. The van der Waals surface area contributed by atoms with Gasteiger partial charge in [-0.15, -0.1) is 0 Å². The Kier molecular flexibility index (Phi) is 5.89. The molecule has 10 heteroatoms. The van der Waals surface area contributed by atoms with Gasteiger partial charge in [-0.25, -0.2) is 13.8 Å². The lowest BCUT2D eigenvalue weighted by molar-refractivity contribution is -0.132. The van der Waals surface area contributed by atoms with Crippen LogP contribution < -0.4 is 14.4 Å². The lowest BCUT2D eigenvalue weighted by Gasteiger charge is -2.25. The third-order valence-electron chi connectivity index (χ3n) is 5.84. The van der Waals surface area contributed by atoms with E-state index in [4.69, 9.17) is 9.47 Å². The van der Waals surface area contributed by atoms with Gasteiger partial charge in [0.25, 0.3) is 5.78 Å². The van der Waals surface area contributed by atoms with Crippen molar-refractivity contribution in [3.8, 4) is 11.5 Å².